The van der Waals surface area contributed by atoms with Gasteiger partial charge in [-0.2, -0.15) is 0 Å². The van der Waals surface area contributed by atoms with Gasteiger partial charge in [0.1, 0.15) is 11.3 Å². The highest BCUT2D eigenvalue weighted by Crippen LogP contribution is 2.53. The van der Waals surface area contributed by atoms with Crippen molar-refractivity contribution in [3.63, 3.8) is 0 Å². The highest BCUT2D eigenvalue weighted by atomic mass is 16.3. The van der Waals surface area contributed by atoms with E-state index in [9.17, 15) is 0 Å². The first-order valence-corrected chi connectivity index (χ1v) is 19.0. The van der Waals surface area contributed by atoms with Crippen LogP contribution in [0.5, 0.6) is 0 Å². The molecule has 0 amide bonds. The van der Waals surface area contributed by atoms with Crippen LogP contribution in [0, 0.1) is 0 Å². The summed E-state index contributed by atoms with van der Waals surface area (Å²) >= 11 is 0. The average molecular weight is 696 g/mol. The molecule has 0 fully saturated rings. The fraction of sp³-hybridized carbons (Fsp3) is 0.115. The van der Waals surface area contributed by atoms with E-state index in [0.717, 1.165) is 28.9 Å². The second-order valence-electron chi connectivity index (χ2n) is 15.6. The van der Waals surface area contributed by atoms with Gasteiger partial charge < -0.3 is 9.32 Å². The molecule has 1 aromatic heterocycles. The first kappa shape index (κ1) is 32.3. The Morgan fingerprint density at radius 3 is 1.87 bits per heavy atom. The zero-order valence-corrected chi connectivity index (χ0v) is 30.9. The van der Waals surface area contributed by atoms with E-state index < -0.39 is 5.54 Å². The molecule has 0 N–H and O–H groups in total. The number of fused-ring (bicyclic) bond motifs is 6. The lowest BCUT2D eigenvalue weighted by Gasteiger charge is -2.45. The third kappa shape index (κ3) is 5.09. The molecule has 0 saturated carbocycles. The molecular formula is C52H41NO. The van der Waals surface area contributed by atoms with Gasteiger partial charge in [0.2, 0.25) is 0 Å². The van der Waals surface area contributed by atoms with E-state index in [1.807, 2.05) is 0 Å². The Morgan fingerprint density at radius 1 is 0.500 bits per heavy atom. The first-order valence-electron chi connectivity index (χ1n) is 19.0. The lowest BCUT2D eigenvalue weighted by Crippen LogP contribution is -2.46. The summed E-state index contributed by atoms with van der Waals surface area (Å²) in [4.78, 5) is 2.61. The van der Waals surface area contributed by atoms with Crippen LogP contribution in [0.15, 0.2) is 186 Å². The molecule has 0 bridgehead atoms. The van der Waals surface area contributed by atoms with E-state index in [1.165, 1.54) is 66.8 Å². The van der Waals surface area contributed by atoms with Gasteiger partial charge >= 0.3 is 0 Å². The molecule has 2 aliphatic rings. The molecule has 1 atom stereocenters. The van der Waals surface area contributed by atoms with Crippen LogP contribution in [0.1, 0.15) is 48.8 Å². The van der Waals surface area contributed by atoms with Crippen LogP contribution >= 0.6 is 0 Å². The maximum Gasteiger partial charge on any atom is 0.139 e. The summed E-state index contributed by atoms with van der Waals surface area (Å²) in [6.45, 7) is 7.14. The topological polar surface area (TPSA) is 16.4 Å². The fourth-order valence-electron chi connectivity index (χ4n) is 9.18. The molecule has 1 unspecified atom stereocenters. The highest BCUT2D eigenvalue weighted by Gasteiger charge is 2.42. The Balaban J connectivity index is 1.21. The monoisotopic (exact) mass is 695 g/mol. The van der Waals surface area contributed by atoms with Gasteiger partial charge in [-0.15, -0.1) is 0 Å². The lowest BCUT2D eigenvalue weighted by atomic mass is 9.78. The van der Waals surface area contributed by atoms with Crippen molar-refractivity contribution in [3.05, 3.63) is 210 Å². The number of benzene rings is 7. The third-order valence-corrected chi connectivity index (χ3v) is 11.8. The van der Waals surface area contributed by atoms with Crippen molar-refractivity contribution >= 4 is 27.9 Å². The molecular weight excluding hydrogens is 655 g/mol. The maximum absolute atomic E-state index is 6.79. The maximum atomic E-state index is 6.79. The van der Waals surface area contributed by atoms with Crippen LogP contribution in [0.3, 0.4) is 0 Å². The number of rotatable bonds is 6. The van der Waals surface area contributed by atoms with E-state index in [1.54, 1.807) is 0 Å². The quantitative estimate of drug-likeness (QED) is 0.172. The van der Waals surface area contributed by atoms with E-state index in [2.05, 4.69) is 208 Å². The van der Waals surface area contributed by atoms with Crippen molar-refractivity contribution in [1.82, 2.24) is 0 Å². The number of hydrogen-bond donors (Lipinski definition) is 0. The van der Waals surface area contributed by atoms with Crippen LogP contribution < -0.4 is 4.90 Å². The van der Waals surface area contributed by atoms with Crippen LogP contribution in [-0.4, -0.2) is 5.54 Å². The number of furan rings is 1. The number of nitrogens with zero attached hydrogens (tertiary/aromatic N) is 1. The molecule has 0 aliphatic heterocycles. The minimum Gasteiger partial charge on any atom is -0.456 e. The van der Waals surface area contributed by atoms with E-state index in [-0.39, 0.29) is 5.41 Å². The Morgan fingerprint density at radius 2 is 1.09 bits per heavy atom. The van der Waals surface area contributed by atoms with E-state index in [4.69, 9.17) is 4.42 Å². The van der Waals surface area contributed by atoms with Gasteiger partial charge in [0.25, 0.3) is 0 Å². The van der Waals surface area contributed by atoms with Crippen LogP contribution in [-0.2, 0) is 11.8 Å². The normalized spacial score (nSPS) is 16.7. The van der Waals surface area contributed by atoms with Gasteiger partial charge in [-0.1, -0.05) is 166 Å². The van der Waals surface area contributed by atoms with E-state index >= 15 is 0 Å². The summed E-state index contributed by atoms with van der Waals surface area (Å²) in [6.07, 6.45) is 3.25. The van der Waals surface area contributed by atoms with Crippen molar-refractivity contribution < 1.29 is 4.42 Å². The smallest absolute Gasteiger partial charge is 0.139 e. The van der Waals surface area contributed by atoms with Crippen molar-refractivity contribution in [2.75, 3.05) is 4.90 Å². The largest absolute Gasteiger partial charge is 0.456 e. The molecule has 7 aromatic carbocycles. The molecule has 10 rings (SSSR count). The molecule has 2 nitrogen and oxygen atoms in total. The zero-order valence-electron chi connectivity index (χ0n) is 30.9. The molecule has 2 aliphatic carbocycles. The van der Waals surface area contributed by atoms with Gasteiger partial charge in [0, 0.05) is 45.3 Å². The second kappa shape index (κ2) is 12.4. The molecule has 54 heavy (non-hydrogen) atoms. The molecule has 1 heterocycles. The van der Waals surface area contributed by atoms with Crippen molar-refractivity contribution in [1.29, 1.82) is 0 Å². The van der Waals surface area contributed by atoms with Crippen molar-refractivity contribution in [2.24, 2.45) is 0 Å². The summed E-state index contributed by atoms with van der Waals surface area (Å²) in [5.41, 5.74) is 16.4. The molecule has 0 saturated heterocycles. The zero-order chi connectivity index (χ0) is 36.4. The van der Waals surface area contributed by atoms with Crippen molar-refractivity contribution in [2.45, 2.75) is 38.1 Å². The lowest BCUT2D eigenvalue weighted by molar-refractivity contribution is 0.531. The van der Waals surface area contributed by atoms with Gasteiger partial charge in [0.15, 0.2) is 0 Å². The van der Waals surface area contributed by atoms with E-state index in [0.29, 0.717) is 0 Å². The first-order chi connectivity index (χ1) is 26.4. The highest BCUT2D eigenvalue weighted by molar-refractivity contribution is 5.95. The fourth-order valence-corrected chi connectivity index (χ4v) is 9.18. The Kier molecular flexibility index (Phi) is 7.39. The van der Waals surface area contributed by atoms with Crippen LogP contribution in [0.2, 0.25) is 0 Å². The summed E-state index contributed by atoms with van der Waals surface area (Å²) in [7, 11) is 0. The van der Waals surface area contributed by atoms with Gasteiger partial charge in [-0.3, -0.25) is 0 Å². The van der Waals surface area contributed by atoms with Crippen LogP contribution in [0.4, 0.5) is 11.4 Å². The van der Waals surface area contributed by atoms with Gasteiger partial charge in [0.05, 0.1) is 5.54 Å². The molecule has 260 valence electrons. The molecule has 8 aromatic rings. The Labute approximate surface area is 317 Å². The SMILES string of the molecule is CC1(C)c2ccccc2-c2ccc(N(c3ccccc3-c3ccccc3)C3(C)C=C(c4ccc(-c5ccccc5)cc4)c4oc5ccccc5c4C3)cc21. The molecule has 2 heteroatoms. The predicted molar refractivity (Wildman–Crippen MR) is 225 cm³/mol. The third-order valence-electron chi connectivity index (χ3n) is 11.8. The number of hydrogen-bond acceptors (Lipinski definition) is 2. The summed E-state index contributed by atoms with van der Waals surface area (Å²) in [5.74, 6) is 0.961. The minimum atomic E-state index is -0.484. The minimum absolute atomic E-state index is 0.130. The molecule has 0 spiro atoms. The Bertz CT molecular complexity index is 2720. The predicted octanol–water partition coefficient (Wildman–Crippen LogP) is 13.7. The summed E-state index contributed by atoms with van der Waals surface area (Å²) in [5, 5.41) is 1.17. The van der Waals surface area contributed by atoms with Crippen LogP contribution in [0.25, 0.3) is 49.9 Å². The molecule has 0 radical (unpaired) electrons. The number of para-hydroxylation sites is 2. The van der Waals surface area contributed by atoms with Gasteiger partial charge in [-0.05, 0) is 81.8 Å². The summed E-state index contributed by atoms with van der Waals surface area (Å²) < 4.78 is 6.79. The van der Waals surface area contributed by atoms with Gasteiger partial charge in [-0.25, -0.2) is 0 Å². The standard InChI is InChI=1S/C52H41NO/c1-51(2)46-23-13-10-21-41(46)42-31-30-39(32-47(42)51)53(48-24-14-11-20-40(48)37-18-8-5-9-19-37)52(3)33-44(50-45(34-52)43-22-12-15-25-49(43)54-50)38-28-26-36(27-29-38)35-16-6-4-7-17-35/h4-33H,34H2,1-3H3. The van der Waals surface area contributed by atoms with Crippen molar-refractivity contribution in [3.8, 4) is 33.4 Å². The second-order valence-corrected chi connectivity index (χ2v) is 15.6. The Hall–Kier alpha value is -6.38. The average Bonchev–Trinajstić information content (AvgIpc) is 3.70. The number of anilines is 2. The summed E-state index contributed by atoms with van der Waals surface area (Å²) in [6, 6.07) is 63.9.